The van der Waals surface area contributed by atoms with Crippen molar-refractivity contribution < 1.29 is 27.1 Å². The maximum absolute atomic E-state index is 15.1. The molecular formula is C36H39ClFN3O5S. The van der Waals surface area contributed by atoms with E-state index in [2.05, 4.69) is 5.32 Å². The lowest BCUT2D eigenvalue weighted by Crippen LogP contribution is -2.54. The fourth-order valence-corrected chi connectivity index (χ4v) is 6.54. The van der Waals surface area contributed by atoms with Gasteiger partial charge in [-0.2, -0.15) is 0 Å². The Kier molecular flexibility index (Phi) is 12.4. The molecule has 0 aromatic heterocycles. The molecule has 4 rings (SSSR count). The van der Waals surface area contributed by atoms with E-state index >= 15 is 4.39 Å². The van der Waals surface area contributed by atoms with E-state index in [1.54, 1.807) is 37.3 Å². The number of carbonyl (C=O) groups excluding carboxylic acids is 2. The summed E-state index contributed by atoms with van der Waals surface area (Å²) in [4.78, 5) is 29.7. The normalized spacial score (nSPS) is 12.5. The molecule has 248 valence electrons. The van der Waals surface area contributed by atoms with Crippen LogP contribution in [0.4, 0.5) is 10.1 Å². The Balaban J connectivity index is 1.85. The van der Waals surface area contributed by atoms with Gasteiger partial charge in [-0.25, -0.2) is 12.8 Å². The second-order valence-electron chi connectivity index (χ2n) is 11.0. The van der Waals surface area contributed by atoms with Gasteiger partial charge in [-0.1, -0.05) is 79.2 Å². The predicted molar refractivity (Wildman–Crippen MR) is 182 cm³/mol. The number of anilines is 1. The molecule has 4 aromatic carbocycles. The smallest absolute Gasteiger partial charge is 0.264 e. The molecule has 8 nitrogen and oxygen atoms in total. The van der Waals surface area contributed by atoms with Crippen LogP contribution < -0.4 is 14.4 Å². The van der Waals surface area contributed by atoms with Crippen molar-refractivity contribution in [3.8, 4) is 5.75 Å². The van der Waals surface area contributed by atoms with E-state index in [1.807, 2.05) is 44.2 Å². The minimum atomic E-state index is -4.38. The molecule has 1 N–H and O–H groups in total. The fraction of sp³-hybridized carbons (Fsp3) is 0.278. The van der Waals surface area contributed by atoms with Crippen LogP contribution in [0.5, 0.6) is 5.75 Å². The molecule has 0 radical (unpaired) electrons. The first kappa shape index (κ1) is 35.4. The van der Waals surface area contributed by atoms with Gasteiger partial charge in [-0.3, -0.25) is 13.9 Å². The van der Waals surface area contributed by atoms with Gasteiger partial charge in [0.1, 0.15) is 24.2 Å². The summed E-state index contributed by atoms with van der Waals surface area (Å²) in [5, 5.41) is 3.31. The van der Waals surface area contributed by atoms with Gasteiger partial charge in [-0.15, -0.1) is 0 Å². The van der Waals surface area contributed by atoms with Crippen molar-refractivity contribution in [2.45, 2.75) is 57.1 Å². The van der Waals surface area contributed by atoms with Gasteiger partial charge in [0.05, 0.1) is 17.2 Å². The molecule has 2 atom stereocenters. The molecule has 0 aliphatic carbocycles. The average molecular weight is 680 g/mol. The maximum atomic E-state index is 15.1. The Bertz CT molecular complexity index is 1760. The van der Waals surface area contributed by atoms with E-state index in [4.69, 9.17) is 16.3 Å². The minimum absolute atomic E-state index is 0.1000. The molecule has 4 aromatic rings. The molecule has 0 saturated heterocycles. The Hall–Kier alpha value is -4.41. The van der Waals surface area contributed by atoms with Crippen molar-refractivity contribution in [2.75, 3.05) is 17.5 Å². The number of para-hydroxylation sites is 2. The second kappa shape index (κ2) is 16.4. The van der Waals surface area contributed by atoms with Crippen molar-refractivity contribution >= 4 is 39.1 Å². The Labute approximate surface area is 281 Å². The van der Waals surface area contributed by atoms with Crippen LogP contribution in [0.2, 0.25) is 5.02 Å². The summed E-state index contributed by atoms with van der Waals surface area (Å²) in [5.41, 5.74) is 1.08. The SMILES string of the molecule is CCOc1ccccc1N(CC(=O)N(Cc1ccccc1F)C(Cc1ccccc1)C(=O)NC(C)CC)S(=O)(=O)c1ccc(Cl)cc1. The van der Waals surface area contributed by atoms with Crippen molar-refractivity contribution in [2.24, 2.45) is 0 Å². The first-order valence-electron chi connectivity index (χ1n) is 15.4. The standard InChI is InChI=1S/C36H39ClFN3O5S/c1-4-26(3)39-36(43)33(23-27-13-7-6-8-14-27)40(24-28-15-9-10-16-31(28)38)35(42)25-41(32-17-11-12-18-34(32)46-5-2)47(44,45)30-21-19-29(37)20-22-30/h6-22,26,33H,4-5,23-25H2,1-3H3,(H,39,43). The number of benzene rings is 4. The summed E-state index contributed by atoms with van der Waals surface area (Å²) in [7, 11) is -4.38. The zero-order chi connectivity index (χ0) is 34.0. The lowest BCUT2D eigenvalue weighted by atomic mass is 10.0. The molecule has 2 amide bonds. The summed E-state index contributed by atoms with van der Waals surface area (Å²) in [5.74, 6) is -1.46. The molecule has 47 heavy (non-hydrogen) atoms. The van der Waals surface area contributed by atoms with E-state index in [1.165, 1.54) is 47.4 Å². The summed E-state index contributed by atoms with van der Waals surface area (Å²) in [6.07, 6.45) is 0.759. The summed E-state index contributed by atoms with van der Waals surface area (Å²) in [6, 6.07) is 26.0. The summed E-state index contributed by atoms with van der Waals surface area (Å²) in [6.45, 7) is 4.80. The van der Waals surface area contributed by atoms with Crippen LogP contribution in [0.25, 0.3) is 0 Å². The number of hydrogen-bond acceptors (Lipinski definition) is 5. The van der Waals surface area contributed by atoms with Gasteiger partial charge in [0.15, 0.2) is 0 Å². The molecule has 0 aliphatic rings. The number of nitrogens with one attached hydrogen (secondary N) is 1. The Morgan fingerprint density at radius 3 is 2.19 bits per heavy atom. The van der Waals surface area contributed by atoms with E-state index in [-0.39, 0.29) is 47.5 Å². The van der Waals surface area contributed by atoms with E-state index in [0.29, 0.717) is 11.4 Å². The highest BCUT2D eigenvalue weighted by Gasteiger charge is 2.36. The zero-order valence-corrected chi connectivity index (χ0v) is 28.2. The van der Waals surface area contributed by atoms with Gasteiger partial charge in [0.25, 0.3) is 10.0 Å². The Morgan fingerprint density at radius 1 is 0.894 bits per heavy atom. The molecule has 0 saturated carbocycles. The van der Waals surface area contributed by atoms with E-state index in [9.17, 15) is 18.0 Å². The van der Waals surface area contributed by atoms with Gasteiger partial charge in [0.2, 0.25) is 11.8 Å². The zero-order valence-electron chi connectivity index (χ0n) is 26.6. The number of carbonyl (C=O) groups is 2. The van der Waals surface area contributed by atoms with Crippen LogP contribution >= 0.6 is 11.6 Å². The van der Waals surface area contributed by atoms with E-state index in [0.717, 1.165) is 9.87 Å². The molecular weight excluding hydrogens is 641 g/mol. The fourth-order valence-electron chi connectivity index (χ4n) is 4.99. The second-order valence-corrected chi connectivity index (χ2v) is 13.3. The molecule has 0 fully saturated rings. The van der Waals surface area contributed by atoms with Crippen LogP contribution in [0.15, 0.2) is 108 Å². The van der Waals surface area contributed by atoms with Crippen molar-refractivity contribution in [1.29, 1.82) is 0 Å². The van der Waals surface area contributed by atoms with E-state index < -0.39 is 40.2 Å². The highest BCUT2D eigenvalue weighted by atomic mass is 35.5. The van der Waals surface area contributed by atoms with Gasteiger partial charge in [-0.05, 0) is 68.3 Å². The number of sulfonamides is 1. The van der Waals surface area contributed by atoms with Crippen LogP contribution in [0.3, 0.4) is 0 Å². The number of nitrogens with zero attached hydrogens (tertiary/aromatic N) is 2. The molecule has 0 bridgehead atoms. The first-order chi connectivity index (χ1) is 22.5. The first-order valence-corrected chi connectivity index (χ1v) is 17.2. The van der Waals surface area contributed by atoms with Crippen LogP contribution in [0, 0.1) is 5.82 Å². The maximum Gasteiger partial charge on any atom is 0.264 e. The number of rotatable bonds is 15. The van der Waals surface area contributed by atoms with Crippen LogP contribution in [-0.2, 0) is 32.6 Å². The third-order valence-corrected chi connectivity index (χ3v) is 9.71. The van der Waals surface area contributed by atoms with Gasteiger partial charge >= 0.3 is 0 Å². The Morgan fingerprint density at radius 2 is 1.53 bits per heavy atom. The minimum Gasteiger partial charge on any atom is -0.492 e. The largest absolute Gasteiger partial charge is 0.492 e. The monoisotopic (exact) mass is 679 g/mol. The van der Waals surface area contributed by atoms with Crippen molar-refractivity contribution in [3.05, 3.63) is 125 Å². The lowest BCUT2D eigenvalue weighted by molar-refractivity contribution is -0.140. The van der Waals surface area contributed by atoms with Gasteiger partial charge in [0, 0.05) is 29.6 Å². The van der Waals surface area contributed by atoms with Crippen molar-refractivity contribution in [1.82, 2.24) is 10.2 Å². The quantitative estimate of drug-likeness (QED) is 0.152. The number of halogens is 2. The molecule has 0 spiro atoms. The summed E-state index contributed by atoms with van der Waals surface area (Å²) < 4.78 is 50.4. The molecule has 0 heterocycles. The van der Waals surface area contributed by atoms with Crippen LogP contribution in [-0.4, -0.2) is 50.4 Å². The number of ether oxygens (including phenoxy) is 1. The molecule has 11 heteroatoms. The third kappa shape index (κ3) is 9.11. The number of hydrogen-bond donors (Lipinski definition) is 1. The summed E-state index contributed by atoms with van der Waals surface area (Å²) >= 11 is 6.06. The highest BCUT2D eigenvalue weighted by Crippen LogP contribution is 2.33. The highest BCUT2D eigenvalue weighted by molar-refractivity contribution is 7.92. The number of amides is 2. The average Bonchev–Trinajstić information content (AvgIpc) is 3.07. The molecule has 2 unspecified atom stereocenters. The van der Waals surface area contributed by atoms with Crippen molar-refractivity contribution in [3.63, 3.8) is 0 Å². The third-order valence-electron chi connectivity index (χ3n) is 7.68. The van der Waals surface area contributed by atoms with Crippen LogP contribution in [0.1, 0.15) is 38.3 Å². The lowest BCUT2D eigenvalue weighted by Gasteiger charge is -2.34. The molecule has 0 aliphatic heterocycles. The van der Waals surface area contributed by atoms with Gasteiger partial charge < -0.3 is 15.0 Å². The topological polar surface area (TPSA) is 96.0 Å². The predicted octanol–water partition coefficient (Wildman–Crippen LogP) is 6.63.